The van der Waals surface area contributed by atoms with Crippen LogP contribution in [-0.2, 0) is 6.42 Å². The fourth-order valence-corrected chi connectivity index (χ4v) is 7.33. The number of likely N-dealkylation sites (tertiary alicyclic amines) is 1. The largest absolute Gasteiger partial charge is 0.494 e. The summed E-state index contributed by atoms with van der Waals surface area (Å²) in [6.45, 7) is 3.70. The Morgan fingerprint density at radius 3 is 2.55 bits per heavy atom. The Bertz CT molecular complexity index is 1520. The van der Waals surface area contributed by atoms with Crippen molar-refractivity contribution in [1.29, 1.82) is 0 Å². The molecule has 2 fully saturated rings. The molecule has 2 saturated heterocycles. The van der Waals surface area contributed by atoms with E-state index in [1.165, 1.54) is 5.69 Å². The molecule has 0 saturated carbocycles. The molecule has 0 bridgehead atoms. The van der Waals surface area contributed by atoms with Crippen LogP contribution in [0.1, 0.15) is 53.2 Å². The van der Waals surface area contributed by atoms with Crippen LogP contribution >= 0.6 is 11.6 Å². The quantitative estimate of drug-likeness (QED) is 0.352. The second kappa shape index (κ2) is 9.05. The minimum atomic E-state index is -0.0105. The van der Waals surface area contributed by atoms with E-state index in [4.69, 9.17) is 11.6 Å². The van der Waals surface area contributed by atoms with Crippen molar-refractivity contribution in [2.24, 2.45) is 5.41 Å². The molecule has 2 aromatic carbocycles. The molecule has 2 aromatic heterocycles. The zero-order valence-electron chi connectivity index (χ0n) is 21.3. The first-order chi connectivity index (χ1) is 18.5. The maximum absolute atomic E-state index is 13.8. The second-order valence-electron chi connectivity index (χ2n) is 11.2. The third-order valence-electron chi connectivity index (χ3n) is 9.17. The van der Waals surface area contributed by atoms with Crippen LogP contribution in [0, 0.1) is 5.41 Å². The monoisotopic (exact) mass is 526 g/mol. The predicted octanol–water partition coefficient (Wildman–Crippen LogP) is 6.06. The Kier molecular flexibility index (Phi) is 5.62. The van der Waals surface area contributed by atoms with E-state index in [9.17, 15) is 9.90 Å². The number of benzene rings is 2. The van der Waals surface area contributed by atoms with Gasteiger partial charge in [-0.25, -0.2) is 0 Å². The Morgan fingerprint density at radius 1 is 1.00 bits per heavy atom. The number of carbonyl (C=O) groups is 1. The number of pyridine rings is 1. The van der Waals surface area contributed by atoms with Crippen molar-refractivity contribution in [3.63, 3.8) is 0 Å². The summed E-state index contributed by atoms with van der Waals surface area (Å²) in [5.41, 5.74) is 4.53. The van der Waals surface area contributed by atoms with Crippen molar-refractivity contribution >= 4 is 34.0 Å². The summed E-state index contributed by atoms with van der Waals surface area (Å²) in [5, 5.41) is 13.2. The Hall–Kier alpha value is -3.51. The maximum Gasteiger partial charge on any atom is 0.254 e. The van der Waals surface area contributed by atoms with Gasteiger partial charge in [-0.05, 0) is 72.9 Å². The molecule has 1 atom stereocenters. The number of nitrogens with zero attached hydrogens (tertiary/aromatic N) is 4. The van der Waals surface area contributed by atoms with Crippen LogP contribution in [0.4, 0.5) is 5.69 Å². The van der Waals surface area contributed by atoms with Gasteiger partial charge >= 0.3 is 0 Å². The lowest BCUT2D eigenvalue weighted by atomic mass is 9.77. The van der Waals surface area contributed by atoms with Crippen molar-refractivity contribution in [3.05, 3.63) is 88.8 Å². The van der Waals surface area contributed by atoms with Gasteiger partial charge in [0.15, 0.2) is 0 Å². The summed E-state index contributed by atoms with van der Waals surface area (Å²) in [4.78, 5) is 22.5. The molecular formula is C31H31ClN4O2. The first-order valence-electron chi connectivity index (χ1n) is 13.6. The van der Waals surface area contributed by atoms with Gasteiger partial charge < -0.3 is 19.5 Å². The molecule has 4 heterocycles. The van der Waals surface area contributed by atoms with Crippen molar-refractivity contribution in [1.82, 2.24) is 14.5 Å². The number of anilines is 1. The van der Waals surface area contributed by atoms with Gasteiger partial charge in [0.1, 0.15) is 0 Å². The molecule has 0 radical (unpaired) electrons. The normalized spacial score (nSPS) is 20.4. The number of aromatic hydroxyl groups is 1. The van der Waals surface area contributed by atoms with Crippen LogP contribution in [0.3, 0.4) is 0 Å². The summed E-state index contributed by atoms with van der Waals surface area (Å²) in [6.07, 6.45) is 10.7. The van der Waals surface area contributed by atoms with Gasteiger partial charge in [0.25, 0.3) is 5.91 Å². The summed E-state index contributed by atoms with van der Waals surface area (Å²) in [6, 6.07) is 15.9. The summed E-state index contributed by atoms with van der Waals surface area (Å²) in [5.74, 6) is 0.348. The van der Waals surface area contributed by atoms with E-state index in [0.717, 1.165) is 80.4 Å². The minimum Gasteiger partial charge on any atom is -0.494 e. The zero-order valence-corrected chi connectivity index (χ0v) is 22.1. The molecule has 4 aromatic rings. The van der Waals surface area contributed by atoms with Gasteiger partial charge in [0.05, 0.1) is 16.5 Å². The molecular weight excluding hydrogens is 496 g/mol. The lowest BCUT2D eigenvalue weighted by molar-refractivity contribution is 0.0763. The summed E-state index contributed by atoms with van der Waals surface area (Å²) in [7, 11) is 0. The van der Waals surface area contributed by atoms with Gasteiger partial charge in [-0.15, -0.1) is 0 Å². The zero-order chi connectivity index (χ0) is 25.9. The van der Waals surface area contributed by atoms with Crippen molar-refractivity contribution in [3.8, 4) is 5.88 Å². The first kappa shape index (κ1) is 23.6. The van der Waals surface area contributed by atoms with Crippen LogP contribution in [0.2, 0.25) is 5.02 Å². The number of piperidine rings is 1. The molecule has 38 heavy (non-hydrogen) atoms. The van der Waals surface area contributed by atoms with Crippen molar-refractivity contribution in [2.45, 2.75) is 38.1 Å². The first-order valence-corrected chi connectivity index (χ1v) is 13.9. The Balaban J connectivity index is 1.10. The molecule has 7 heteroatoms. The Labute approximate surface area is 227 Å². The molecule has 7 rings (SSSR count). The molecule has 1 spiro atoms. The predicted molar refractivity (Wildman–Crippen MR) is 150 cm³/mol. The molecule has 1 aliphatic carbocycles. The van der Waals surface area contributed by atoms with E-state index in [0.29, 0.717) is 10.4 Å². The van der Waals surface area contributed by atoms with Gasteiger partial charge in [-0.3, -0.25) is 9.78 Å². The molecule has 2 aliphatic heterocycles. The SMILES string of the molecule is O=C(c1cccc2c1CC[C@H]2n1cc2cccc(Cl)c2c1O)N1CCC2(CCN(c3ccncc3)CC2)C1. The van der Waals surface area contributed by atoms with Crippen molar-refractivity contribution in [2.75, 3.05) is 31.1 Å². The maximum atomic E-state index is 13.8. The van der Waals surface area contributed by atoms with Crippen molar-refractivity contribution < 1.29 is 9.90 Å². The van der Waals surface area contributed by atoms with E-state index in [1.54, 1.807) is 6.07 Å². The molecule has 3 aliphatic rings. The third-order valence-corrected chi connectivity index (χ3v) is 9.49. The number of fused-ring (bicyclic) bond motifs is 2. The van der Waals surface area contributed by atoms with E-state index < -0.39 is 0 Å². The fraction of sp³-hybridized carbons (Fsp3) is 0.355. The number of carbonyl (C=O) groups excluding carboxylic acids is 1. The van der Waals surface area contributed by atoms with Crippen LogP contribution in [0.15, 0.2) is 67.1 Å². The number of rotatable bonds is 3. The minimum absolute atomic E-state index is 0.0105. The third kappa shape index (κ3) is 3.77. The van der Waals surface area contributed by atoms with Crippen LogP contribution in [0.25, 0.3) is 10.8 Å². The van der Waals surface area contributed by atoms with Crippen LogP contribution in [-0.4, -0.2) is 51.6 Å². The van der Waals surface area contributed by atoms with Gasteiger partial charge in [-0.1, -0.05) is 35.9 Å². The number of aromatic nitrogens is 2. The van der Waals surface area contributed by atoms with Gasteiger partial charge in [-0.2, -0.15) is 0 Å². The summed E-state index contributed by atoms with van der Waals surface area (Å²) >= 11 is 6.39. The second-order valence-corrected chi connectivity index (χ2v) is 11.6. The molecule has 0 unspecified atom stereocenters. The highest BCUT2D eigenvalue weighted by Crippen LogP contribution is 2.45. The number of hydrogen-bond donors (Lipinski definition) is 1. The average molecular weight is 527 g/mol. The van der Waals surface area contributed by atoms with Crippen LogP contribution in [0.5, 0.6) is 5.88 Å². The average Bonchev–Trinajstić information content (AvgIpc) is 3.65. The highest BCUT2D eigenvalue weighted by molar-refractivity contribution is 6.36. The van der Waals surface area contributed by atoms with E-state index in [1.807, 2.05) is 47.4 Å². The van der Waals surface area contributed by atoms with Crippen LogP contribution < -0.4 is 4.90 Å². The fourth-order valence-electron chi connectivity index (χ4n) is 7.06. The molecule has 1 N–H and O–H groups in total. The lowest BCUT2D eigenvalue weighted by Crippen LogP contribution is -2.42. The van der Waals surface area contributed by atoms with Gasteiger partial charge in [0.2, 0.25) is 5.88 Å². The Morgan fingerprint density at radius 2 is 1.76 bits per heavy atom. The molecule has 1 amide bonds. The van der Waals surface area contributed by atoms with E-state index in [-0.39, 0.29) is 23.2 Å². The number of amides is 1. The van der Waals surface area contributed by atoms with Gasteiger partial charge in [0, 0.05) is 61.4 Å². The summed E-state index contributed by atoms with van der Waals surface area (Å²) < 4.78 is 1.93. The topological polar surface area (TPSA) is 61.6 Å². The molecule has 6 nitrogen and oxygen atoms in total. The smallest absolute Gasteiger partial charge is 0.254 e. The standard InChI is InChI=1S/C31H31ClN4O2/c32-26-6-1-3-21-19-36(30(38)28(21)26)27-8-7-23-24(27)4-2-5-25(23)29(37)35-18-13-31(20-35)11-16-34(17-12-31)22-9-14-33-15-10-22/h1-6,9-10,14-15,19,27,38H,7-8,11-13,16-18,20H2/t27-/m1/s1. The highest BCUT2D eigenvalue weighted by atomic mass is 35.5. The lowest BCUT2D eigenvalue weighted by Gasteiger charge is -2.40. The van der Waals surface area contributed by atoms with E-state index >= 15 is 0 Å². The number of hydrogen-bond acceptors (Lipinski definition) is 4. The molecule has 194 valence electrons. The highest BCUT2D eigenvalue weighted by Gasteiger charge is 2.43. The van der Waals surface area contributed by atoms with E-state index in [2.05, 4.69) is 33.0 Å². The number of halogens is 1.